The number of guanidine groups is 1. The van der Waals surface area contributed by atoms with Gasteiger partial charge < -0.3 is 10.1 Å². The predicted molar refractivity (Wildman–Crippen MR) is 108 cm³/mol. The fraction of sp³-hybridized carbons (Fsp3) is 0.300. The number of aliphatic imine (C=N–C) groups is 1. The molecule has 0 radical (unpaired) electrons. The van der Waals surface area contributed by atoms with Crippen molar-refractivity contribution in [1.29, 1.82) is 0 Å². The SMILES string of the molecule is Cc1ccc(C(=O)NC(=NCC2CCCO2)Nc2ccc(Br)cc2)cc1. The summed E-state index contributed by atoms with van der Waals surface area (Å²) < 4.78 is 6.61. The van der Waals surface area contributed by atoms with E-state index in [0.29, 0.717) is 18.1 Å². The minimum atomic E-state index is -0.194. The average Bonchev–Trinajstić information content (AvgIpc) is 3.15. The zero-order valence-corrected chi connectivity index (χ0v) is 16.3. The second-order valence-electron chi connectivity index (χ2n) is 6.28. The molecule has 0 aliphatic carbocycles. The molecule has 0 saturated carbocycles. The Labute approximate surface area is 162 Å². The Kier molecular flexibility index (Phi) is 6.41. The lowest BCUT2D eigenvalue weighted by molar-refractivity contribution is 0.0975. The summed E-state index contributed by atoms with van der Waals surface area (Å²) >= 11 is 3.42. The molecule has 2 N–H and O–H groups in total. The highest BCUT2D eigenvalue weighted by Crippen LogP contribution is 2.15. The van der Waals surface area contributed by atoms with Gasteiger partial charge in [-0.3, -0.25) is 10.1 Å². The number of carbonyl (C=O) groups is 1. The number of anilines is 1. The summed E-state index contributed by atoms with van der Waals surface area (Å²) in [6.07, 6.45) is 2.18. The van der Waals surface area contributed by atoms with E-state index in [1.165, 1.54) is 0 Å². The minimum Gasteiger partial charge on any atom is -0.376 e. The van der Waals surface area contributed by atoms with Gasteiger partial charge in [0, 0.05) is 22.3 Å². The standard InChI is InChI=1S/C20H22BrN3O2/c1-14-4-6-15(7-5-14)19(25)24-20(22-13-18-3-2-12-26-18)23-17-10-8-16(21)9-11-17/h4-11,18H,2-3,12-13H2,1H3,(H2,22,23,24,25). The molecule has 1 heterocycles. The van der Waals surface area contributed by atoms with Gasteiger partial charge in [-0.2, -0.15) is 0 Å². The third-order valence-corrected chi connectivity index (χ3v) is 4.66. The third-order valence-electron chi connectivity index (χ3n) is 4.13. The topological polar surface area (TPSA) is 62.7 Å². The Hall–Kier alpha value is -2.18. The molecule has 2 aromatic carbocycles. The molecule has 1 saturated heterocycles. The molecule has 0 aromatic heterocycles. The number of rotatable bonds is 4. The molecule has 1 unspecified atom stereocenters. The normalized spacial score (nSPS) is 17.2. The van der Waals surface area contributed by atoms with Crippen LogP contribution in [0.25, 0.3) is 0 Å². The molecule has 3 rings (SSSR count). The lowest BCUT2D eigenvalue weighted by Crippen LogP contribution is -2.36. The van der Waals surface area contributed by atoms with E-state index in [4.69, 9.17) is 4.74 Å². The first-order valence-electron chi connectivity index (χ1n) is 8.67. The zero-order chi connectivity index (χ0) is 18.4. The van der Waals surface area contributed by atoms with Crippen molar-refractivity contribution < 1.29 is 9.53 Å². The third kappa shape index (κ3) is 5.41. The van der Waals surface area contributed by atoms with Crippen LogP contribution in [0.3, 0.4) is 0 Å². The Morgan fingerprint density at radius 3 is 2.58 bits per heavy atom. The molecule has 26 heavy (non-hydrogen) atoms. The summed E-state index contributed by atoms with van der Waals surface area (Å²) in [6, 6.07) is 15.2. The van der Waals surface area contributed by atoms with E-state index in [0.717, 1.165) is 35.2 Å². The van der Waals surface area contributed by atoms with Crippen LogP contribution in [0, 0.1) is 6.92 Å². The van der Waals surface area contributed by atoms with Crippen LogP contribution in [-0.2, 0) is 4.74 Å². The maximum atomic E-state index is 12.5. The molecule has 0 bridgehead atoms. The van der Waals surface area contributed by atoms with Gasteiger partial charge in [0.1, 0.15) is 0 Å². The van der Waals surface area contributed by atoms with Crippen molar-refractivity contribution in [3.63, 3.8) is 0 Å². The van der Waals surface area contributed by atoms with Crippen molar-refractivity contribution in [2.45, 2.75) is 25.9 Å². The predicted octanol–water partition coefficient (Wildman–Crippen LogP) is 4.13. The van der Waals surface area contributed by atoms with E-state index in [1.54, 1.807) is 0 Å². The molecule has 1 aliphatic rings. The van der Waals surface area contributed by atoms with Gasteiger partial charge in [-0.05, 0) is 56.2 Å². The summed E-state index contributed by atoms with van der Waals surface area (Å²) in [5.41, 5.74) is 2.56. The molecule has 6 heteroatoms. The number of aryl methyl sites for hydroxylation is 1. The number of nitrogens with one attached hydrogen (secondary N) is 2. The molecule has 2 aromatic rings. The van der Waals surface area contributed by atoms with Crippen LogP contribution in [0.15, 0.2) is 58.0 Å². The van der Waals surface area contributed by atoms with Gasteiger partial charge in [-0.1, -0.05) is 33.6 Å². The van der Waals surface area contributed by atoms with E-state index in [2.05, 4.69) is 31.6 Å². The van der Waals surface area contributed by atoms with Gasteiger partial charge in [0.05, 0.1) is 12.6 Å². The van der Waals surface area contributed by atoms with Crippen LogP contribution in [-0.4, -0.2) is 31.1 Å². The first kappa shape index (κ1) is 18.6. The van der Waals surface area contributed by atoms with Crippen LogP contribution < -0.4 is 10.6 Å². The minimum absolute atomic E-state index is 0.119. The Morgan fingerprint density at radius 1 is 1.19 bits per heavy atom. The number of ether oxygens (including phenoxy) is 1. The van der Waals surface area contributed by atoms with Crippen LogP contribution in [0.1, 0.15) is 28.8 Å². The molecule has 1 fully saturated rings. The van der Waals surface area contributed by atoms with Crippen LogP contribution in [0.2, 0.25) is 0 Å². The molecule has 1 amide bonds. The molecular formula is C20H22BrN3O2. The van der Waals surface area contributed by atoms with Gasteiger partial charge in [-0.25, -0.2) is 4.99 Å². The van der Waals surface area contributed by atoms with Gasteiger partial charge in [0.25, 0.3) is 5.91 Å². The van der Waals surface area contributed by atoms with Gasteiger partial charge >= 0.3 is 0 Å². The molecule has 1 atom stereocenters. The second-order valence-corrected chi connectivity index (χ2v) is 7.19. The van der Waals surface area contributed by atoms with E-state index in [1.807, 2.05) is 55.5 Å². The highest BCUT2D eigenvalue weighted by molar-refractivity contribution is 9.10. The lowest BCUT2D eigenvalue weighted by atomic mass is 10.1. The summed E-state index contributed by atoms with van der Waals surface area (Å²) in [6.45, 7) is 3.30. The molecule has 5 nitrogen and oxygen atoms in total. The summed E-state index contributed by atoms with van der Waals surface area (Å²) in [7, 11) is 0. The number of halogens is 1. The maximum absolute atomic E-state index is 12.5. The molecule has 0 spiro atoms. The molecular weight excluding hydrogens is 394 g/mol. The largest absolute Gasteiger partial charge is 0.376 e. The van der Waals surface area contributed by atoms with Crippen LogP contribution in [0.4, 0.5) is 5.69 Å². The van der Waals surface area contributed by atoms with Crippen molar-refractivity contribution >= 4 is 33.5 Å². The van der Waals surface area contributed by atoms with E-state index in [9.17, 15) is 4.79 Å². The molecule has 136 valence electrons. The van der Waals surface area contributed by atoms with Gasteiger partial charge in [-0.15, -0.1) is 0 Å². The Bertz CT molecular complexity index is 767. The van der Waals surface area contributed by atoms with Crippen molar-refractivity contribution in [3.05, 3.63) is 64.1 Å². The smallest absolute Gasteiger partial charge is 0.257 e. The number of hydrogen-bond acceptors (Lipinski definition) is 3. The van der Waals surface area contributed by atoms with E-state index in [-0.39, 0.29) is 12.0 Å². The van der Waals surface area contributed by atoms with Crippen LogP contribution in [0.5, 0.6) is 0 Å². The number of nitrogens with zero attached hydrogens (tertiary/aromatic N) is 1. The highest BCUT2D eigenvalue weighted by atomic mass is 79.9. The fourth-order valence-electron chi connectivity index (χ4n) is 2.65. The monoisotopic (exact) mass is 415 g/mol. The maximum Gasteiger partial charge on any atom is 0.257 e. The Balaban J connectivity index is 1.72. The quantitative estimate of drug-likeness (QED) is 0.582. The summed E-state index contributed by atoms with van der Waals surface area (Å²) in [4.78, 5) is 17.1. The first-order valence-corrected chi connectivity index (χ1v) is 9.46. The molecule has 1 aliphatic heterocycles. The van der Waals surface area contributed by atoms with E-state index >= 15 is 0 Å². The number of carbonyl (C=O) groups excluding carboxylic acids is 1. The van der Waals surface area contributed by atoms with Crippen molar-refractivity contribution in [1.82, 2.24) is 5.32 Å². The highest BCUT2D eigenvalue weighted by Gasteiger charge is 2.16. The fourth-order valence-corrected chi connectivity index (χ4v) is 2.91. The number of amides is 1. The van der Waals surface area contributed by atoms with E-state index < -0.39 is 0 Å². The average molecular weight is 416 g/mol. The van der Waals surface area contributed by atoms with Crippen molar-refractivity contribution in [3.8, 4) is 0 Å². The lowest BCUT2D eigenvalue weighted by Gasteiger charge is -2.13. The second kappa shape index (κ2) is 8.96. The van der Waals surface area contributed by atoms with Gasteiger partial charge in [0.2, 0.25) is 5.96 Å². The summed E-state index contributed by atoms with van der Waals surface area (Å²) in [5.74, 6) is 0.231. The Morgan fingerprint density at radius 2 is 1.92 bits per heavy atom. The van der Waals surface area contributed by atoms with Crippen LogP contribution >= 0.6 is 15.9 Å². The van der Waals surface area contributed by atoms with Gasteiger partial charge in [0.15, 0.2) is 0 Å². The number of benzene rings is 2. The van der Waals surface area contributed by atoms with Crippen molar-refractivity contribution in [2.75, 3.05) is 18.5 Å². The van der Waals surface area contributed by atoms with Crippen molar-refractivity contribution in [2.24, 2.45) is 4.99 Å². The number of hydrogen-bond donors (Lipinski definition) is 2. The summed E-state index contributed by atoms with van der Waals surface area (Å²) in [5, 5.41) is 6.06. The zero-order valence-electron chi connectivity index (χ0n) is 14.7. The first-order chi connectivity index (χ1) is 12.6.